The van der Waals surface area contributed by atoms with E-state index in [1.165, 1.54) is 32.2 Å². The van der Waals surface area contributed by atoms with Crippen LogP contribution < -0.4 is 5.32 Å². The van der Waals surface area contributed by atoms with Crippen molar-refractivity contribution in [2.75, 3.05) is 20.1 Å². The second kappa shape index (κ2) is 6.49. The Morgan fingerprint density at radius 2 is 2.07 bits per heavy atom. The highest BCUT2D eigenvalue weighted by molar-refractivity contribution is 4.80. The van der Waals surface area contributed by atoms with Crippen LogP contribution in [0.4, 0.5) is 0 Å². The van der Waals surface area contributed by atoms with Crippen LogP contribution >= 0.6 is 0 Å². The van der Waals surface area contributed by atoms with Gasteiger partial charge < -0.3 is 10.2 Å². The fourth-order valence-electron chi connectivity index (χ4n) is 2.33. The number of rotatable bonds is 6. The summed E-state index contributed by atoms with van der Waals surface area (Å²) in [6, 6.07) is 1.47. The average Bonchev–Trinajstić information content (AvgIpc) is 2.65. The predicted octanol–water partition coefficient (Wildman–Crippen LogP) is 2.49. The molecule has 1 aliphatic rings. The Morgan fingerprint density at radius 1 is 1.33 bits per heavy atom. The Kier molecular flexibility index (Phi) is 5.62. The zero-order valence-electron chi connectivity index (χ0n) is 10.9. The predicted molar refractivity (Wildman–Crippen MR) is 67.2 cm³/mol. The molecule has 0 heterocycles. The zero-order valence-corrected chi connectivity index (χ0v) is 10.9. The molecule has 0 amide bonds. The topological polar surface area (TPSA) is 15.3 Å². The summed E-state index contributed by atoms with van der Waals surface area (Å²) in [4.78, 5) is 2.40. The van der Waals surface area contributed by atoms with Crippen molar-refractivity contribution in [2.45, 2.75) is 58.5 Å². The molecule has 2 nitrogen and oxygen atoms in total. The van der Waals surface area contributed by atoms with E-state index in [4.69, 9.17) is 0 Å². The van der Waals surface area contributed by atoms with Gasteiger partial charge in [-0.1, -0.05) is 13.3 Å². The largest absolute Gasteiger partial charge is 0.313 e. The minimum Gasteiger partial charge on any atom is -0.313 e. The molecule has 1 aliphatic carbocycles. The zero-order chi connectivity index (χ0) is 11.3. The van der Waals surface area contributed by atoms with E-state index in [1.807, 2.05) is 0 Å². The van der Waals surface area contributed by atoms with Crippen LogP contribution in [0.3, 0.4) is 0 Å². The molecule has 0 bridgehead atoms. The van der Waals surface area contributed by atoms with E-state index in [1.54, 1.807) is 0 Å². The van der Waals surface area contributed by atoms with Gasteiger partial charge >= 0.3 is 0 Å². The quantitative estimate of drug-likeness (QED) is 0.728. The van der Waals surface area contributed by atoms with E-state index in [9.17, 15) is 0 Å². The minimum atomic E-state index is 0.666. The lowest BCUT2D eigenvalue weighted by Crippen LogP contribution is -2.37. The van der Waals surface area contributed by atoms with Gasteiger partial charge in [0.05, 0.1) is 0 Å². The van der Waals surface area contributed by atoms with E-state index in [0.717, 1.165) is 18.5 Å². The number of likely N-dealkylation sites (N-methyl/N-ethyl adjacent to an activating group) is 1. The van der Waals surface area contributed by atoms with Crippen molar-refractivity contribution in [1.82, 2.24) is 10.2 Å². The molecule has 0 aliphatic heterocycles. The number of nitrogens with one attached hydrogen (secondary N) is 1. The van der Waals surface area contributed by atoms with Gasteiger partial charge in [0, 0.05) is 25.2 Å². The third-order valence-electron chi connectivity index (χ3n) is 3.90. The first-order chi connectivity index (χ1) is 7.13. The number of hydrogen-bond donors (Lipinski definition) is 1. The van der Waals surface area contributed by atoms with Gasteiger partial charge in [-0.3, -0.25) is 0 Å². The number of nitrogens with zero attached hydrogens (tertiary/aromatic N) is 1. The highest BCUT2D eigenvalue weighted by Crippen LogP contribution is 2.27. The van der Waals surface area contributed by atoms with Crippen molar-refractivity contribution in [3.05, 3.63) is 0 Å². The van der Waals surface area contributed by atoms with Crippen molar-refractivity contribution in [1.29, 1.82) is 0 Å². The molecule has 1 rings (SSSR count). The van der Waals surface area contributed by atoms with Gasteiger partial charge in [-0.05, 0) is 46.1 Å². The molecule has 0 aromatic heterocycles. The van der Waals surface area contributed by atoms with Crippen molar-refractivity contribution in [3.8, 4) is 0 Å². The Bertz CT molecular complexity index is 168. The summed E-state index contributed by atoms with van der Waals surface area (Å²) in [6.45, 7) is 9.14. The molecule has 1 saturated carbocycles. The highest BCUT2D eigenvalue weighted by Gasteiger charge is 2.22. The molecule has 0 aromatic carbocycles. The van der Waals surface area contributed by atoms with Crippen LogP contribution in [0.2, 0.25) is 0 Å². The molecule has 1 N–H and O–H groups in total. The van der Waals surface area contributed by atoms with Crippen LogP contribution in [-0.2, 0) is 0 Å². The van der Waals surface area contributed by atoms with Gasteiger partial charge in [-0.15, -0.1) is 0 Å². The molecule has 90 valence electrons. The molecule has 1 fully saturated rings. The van der Waals surface area contributed by atoms with Gasteiger partial charge in [0.2, 0.25) is 0 Å². The molecule has 0 radical (unpaired) electrons. The SMILES string of the molecule is CCC1CCC(NCCN(C)C(C)C)C1. The minimum absolute atomic E-state index is 0.666. The van der Waals surface area contributed by atoms with Gasteiger partial charge in [0.15, 0.2) is 0 Å². The van der Waals surface area contributed by atoms with Gasteiger partial charge in [0.1, 0.15) is 0 Å². The summed E-state index contributed by atoms with van der Waals surface area (Å²) >= 11 is 0. The second-order valence-electron chi connectivity index (χ2n) is 5.31. The smallest absolute Gasteiger partial charge is 0.0107 e. The van der Waals surface area contributed by atoms with Crippen LogP contribution in [-0.4, -0.2) is 37.1 Å². The Morgan fingerprint density at radius 3 is 2.60 bits per heavy atom. The number of hydrogen-bond acceptors (Lipinski definition) is 2. The molecular formula is C13H28N2. The van der Waals surface area contributed by atoms with Crippen molar-refractivity contribution >= 4 is 0 Å². The van der Waals surface area contributed by atoms with E-state index in [0.29, 0.717) is 6.04 Å². The first kappa shape index (κ1) is 13.0. The molecule has 15 heavy (non-hydrogen) atoms. The fraction of sp³-hybridized carbons (Fsp3) is 1.00. The lowest BCUT2D eigenvalue weighted by Gasteiger charge is -2.22. The Balaban J connectivity index is 2.06. The van der Waals surface area contributed by atoms with E-state index in [2.05, 4.69) is 38.0 Å². The van der Waals surface area contributed by atoms with Gasteiger partial charge in [-0.2, -0.15) is 0 Å². The molecule has 2 atom stereocenters. The lowest BCUT2D eigenvalue weighted by atomic mass is 10.1. The van der Waals surface area contributed by atoms with Crippen LogP contribution in [0.25, 0.3) is 0 Å². The molecule has 2 heteroatoms. The summed E-state index contributed by atoms with van der Waals surface area (Å²) in [7, 11) is 2.20. The standard InChI is InChI=1S/C13H28N2/c1-5-12-6-7-13(10-12)14-8-9-15(4)11(2)3/h11-14H,5-10H2,1-4H3. The van der Waals surface area contributed by atoms with Crippen LogP contribution in [0.15, 0.2) is 0 Å². The summed E-state index contributed by atoms with van der Waals surface area (Å²) in [5.41, 5.74) is 0. The van der Waals surface area contributed by atoms with Gasteiger partial charge in [0.25, 0.3) is 0 Å². The van der Waals surface area contributed by atoms with Crippen LogP contribution in [0, 0.1) is 5.92 Å². The van der Waals surface area contributed by atoms with E-state index < -0.39 is 0 Å². The maximum Gasteiger partial charge on any atom is 0.0107 e. The summed E-state index contributed by atoms with van der Waals surface area (Å²) < 4.78 is 0. The van der Waals surface area contributed by atoms with Crippen molar-refractivity contribution in [3.63, 3.8) is 0 Å². The highest BCUT2D eigenvalue weighted by atomic mass is 15.1. The normalized spacial score (nSPS) is 26.8. The third kappa shape index (κ3) is 4.52. The maximum absolute atomic E-state index is 3.69. The van der Waals surface area contributed by atoms with Crippen LogP contribution in [0.1, 0.15) is 46.5 Å². The molecular weight excluding hydrogens is 184 g/mol. The second-order valence-corrected chi connectivity index (χ2v) is 5.31. The molecule has 0 saturated heterocycles. The fourth-order valence-corrected chi connectivity index (χ4v) is 2.33. The lowest BCUT2D eigenvalue weighted by molar-refractivity contribution is 0.268. The molecule has 0 spiro atoms. The maximum atomic E-state index is 3.69. The first-order valence-corrected chi connectivity index (χ1v) is 6.57. The molecule has 2 unspecified atom stereocenters. The monoisotopic (exact) mass is 212 g/mol. The average molecular weight is 212 g/mol. The Hall–Kier alpha value is -0.0800. The van der Waals surface area contributed by atoms with Crippen LogP contribution in [0.5, 0.6) is 0 Å². The van der Waals surface area contributed by atoms with Crippen molar-refractivity contribution < 1.29 is 0 Å². The summed E-state index contributed by atoms with van der Waals surface area (Å²) in [6.07, 6.45) is 5.60. The van der Waals surface area contributed by atoms with E-state index in [-0.39, 0.29) is 0 Å². The van der Waals surface area contributed by atoms with E-state index >= 15 is 0 Å². The molecule has 0 aromatic rings. The summed E-state index contributed by atoms with van der Waals surface area (Å²) in [5, 5.41) is 3.69. The Labute approximate surface area is 95.4 Å². The third-order valence-corrected chi connectivity index (χ3v) is 3.90. The first-order valence-electron chi connectivity index (χ1n) is 6.57. The van der Waals surface area contributed by atoms with Crippen molar-refractivity contribution in [2.24, 2.45) is 5.92 Å². The summed E-state index contributed by atoms with van der Waals surface area (Å²) in [5.74, 6) is 0.991. The van der Waals surface area contributed by atoms with Gasteiger partial charge in [-0.25, -0.2) is 0 Å².